The molecule has 2 aromatic rings. The Morgan fingerprint density at radius 2 is 1.52 bits per heavy atom. The molecule has 4 heteroatoms. The van der Waals surface area contributed by atoms with Gasteiger partial charge in [0.05, 0.1) is 5.56 Å². The van der Waals surface area contributed by atoms with Crippen LogP contribution < -0.4 is 4.90 Å². The summed E-state index contributed by atoms with van der Waals surface area (Å²) in [6, 6.07) is 11.8. The third-order valence-electron chi connectivity index (χ3n) is 3.40. The maximum absolute atomic E-state index is 12.4. The Morgan fingerprint density at radius 3 is 2.05 bits per heavy atom. The maximum atomic E-state index is 12.4. The molecule has 2 aromatic carbocycles. The first kappa shape index (κ1) is 14.8. The highest BCUT2D eigenvalue weighted by atomic mass is 16.4. The van der Waals surface area contributed by atoms with Gasteiger partial charge in [0.2, 0.25) is 0 Å². The molecule has 0 fully saturated rings. The van der Waals surface area contributed by atoms with Crippen molar-refractivity contribution in [1.29, 1.82) is 0 Å². The van der Waals surface area contributed by atoms with Gasteiger partial charge < -0.3 is 10.0 Å². The van der Waals surface area contributed by atoms with Crippen LogP contribution in [0.15, 0.2) is 42.5 Å². The normalized spacial score (nSPS) is 10.2. The largest absolute Gasteiger partial charge is 0.478 e. The van der Waals surface area contributed by atoms with Gasteiger partial charge in [0.1, 0.15) is 0 Å². The molecule has 0 aliphatic heterocycles. The summed E-state index contributed by atoms with van der Waals surface area (Å²) in [6.07, 6.45) is 0. The number of amides is 1. The van der Waals surface area contributed by atoms with Gasteiger partial charge in [-0.2, -0.15) is 0 Å². The van der Waals surface area contributed by atoms with E-state index in [1.807, 2.05) is 32.0 Å². The number of nitrogens with zero attached hydrogens (tertiary/aromatic N) is 1. The van der Waals surface area contributed by atoms with Crippen LogP contribution in [0.5, 0.6) is 0 Å². The van der Waals surface area contributed by atoms with Gasteiger partial charge in [-0.05, 0) is 49.7 Å². The van der Waals surface area contributed by atoms with Gasteiger partial charge in [0.25, 0.3) is 5.91 Å². The van der Waals surface area contributed by atoms with Crippen LogP contribution in [0.3, 0.4) is 0 Å². The van der Waals surface area contributed by atoms with E-state index in [0.29, 0.717) is 5.56 Å². The summed E-state index contributed by atoms with van der Waals surface area (Å²) >= 11 is 0. The average molecular weight is 283 g/mol. The van der Waals surface area contributed by atoms with Crippen molar-refractivity contribution >= 4 is 17.6 Å². The molecule has 0 aromatic heterocycles. The highest BCUT2D eigenvalue weighted by molar-refractivity contribution is 6.06. The first-order valence-electron chi connectivity index (χ1n) is 6.59. The lowest BCUT2D eigenvalue weighted by Crippen LogP contribution is -2.26. The highest BCUT2D eigenvalue weighted by Gasteiger charge is 2.15. The van der Waals surface area contributed by atoms with E-state index in [9.17, 15) is 9.59 Å². The van der Waals surface area contributed by atoms with Crippen LogP contribution in [0, 0.1) is 13.8 Å². The predicted molar refractivity (Wildman–Crippen MR) is 82.1 cm³/mol. The molecule has 0 radical (unpaired) electrons. The number of carbonyl (C=O) groups excluding carboxylic acids is 1. The quantitative estimate of drug-likeness (QED) is 0.940. The Morgan fingerprint density at radius 1 is 0.952 bits per heavy atom. The smallest absolute Gasteiger partial charge is 0.335 e. The van der Waals surface area contributed by atoms with Gasteiger partial charge in [-0.1, -0.05) is 17.7 Å². The van der Waals surface area contributed by atoms with Crippen molar-refractivity contribution < 1.29 is 14.7 Å². The van der Waals surface area contributed by atoms with E-state index in [2.05, 4.69) is 0 Å². The lowest BCUT2D eigenvalue weighted by atomic mass is 10.1. The number of hydrogen-bond donors (Lipinski definition) is 1. The summed E-state index contributed by atoms with van der Waals surface area (Å²) in [5.74, 6) is -1.17. The predicted octanol–water partition coefficient (Wildman–Crippen LogP) is 3.28. The Bertz CT molecular complexity index is 690. The van der Waals surface area contributed by atoms with Crippen LogP contribution in [0.1, 0.15) is 31.8 Å². The molecule has 2 rings (SSSR count). The van der Waals surface area contributed by atoms with Crippen molar-refractivity contribution in [3.8, 4) is 0 Å². The van der Waals surface area contributed by atoms with Crippen LogP contribution in [0.25, 0.3) is 0 Å². The zero-order valence-corrected chi connectivity index (χ0v) is 12.3. The van der Waals surface area contributed by atoms with Crippen molar-refractivity contribution in [2.45, 2.75) is 13.8 Å². The molecule has 0 atom stereocenters. The number of anilines is 1. The van der Waals surface area contributed by atoms with Gasteiger partial charge in [0, 0.05) is 18.3 Å². The minimum absolute atomic E-state index is 0.167. The summed E-state index contributed by atoms with van der Waals surface area (Å²) in [5, 5.41) is 8.87. The SMILES string of the molecule is Cc1ccc(N(C)C(=O)c2ccc(C(=O)O)cc2)c(C)c1. The summed E-state index contributed by atoms with van der Waals surface area (Å²) in [5.41, 5.74) is 3.63. The van der Waals surface area contributed by atoms with Crippen LogP contribution in [-0.2, 0) is 0 Å². The van der Waals surface area contributed by atoms with Crippen molar-refractivity contribution in [1.82, 2.24) is 0 Å². The summed E-state index contributed by atoms with van der Waals surface area (Å²) in [6.45, 7) is 3.96. The molecule has 0 bridgehead atoms. The number of hydrogen-bond acceptors (Lipinski definition) is 2. The van der Waals surface area contributed by atoms with Gasteiger partial charge in [-0.3, -0.25) is 4.79 Å². The number of carboxylic acid groups (broad SMARTS) is 1. The van der Waals surface area contributed by atoms with E-state index in [0.717, 1.165) is 16.8 Å². The molecule has 0 unspecified atom stereocenters. The van der Waals surface area contributed by atoms with Crippen molar-refractivity contribution in [3.63, 3.8) is 0 Å². The number of aryl methyl sites for hydroxylation is 2. The molecular weight excluding hydrogens is 266 g/mol. The second-order valence-electron chi connectivity index (χ2n) is 5.04. The van der Waals surface area contributed by atoms with Crippen molar-refractivity contribution in [2.75, 3.05) is 11.9 Å². The second-order valence-corrected chi connectivity index (χ2v) is 5.04. The first-order valence-corrected chi connectivity index (χ1v) is 6.59. The Balaban J connectivity index is 2.28. The van der Waals surface area contributed by atoms with Gasteiger partial charge in [-0.25, -0.2) is 4.79 Å². The monoisotopic (exact) mass is 283 g/mol. The van der Waals surface area contributed by atoms with E-state index in [-0.39, 0.29) is 11.5 Å². The lowest BCUT2D eigenvalue weighted by Gasteiger charge is -2.20. The van der Waals surface area contributed by atoms with Gasteiger partial charge >= 0.3 is 5.97 Å². The molecule has 0 aliphatic rings. The molecule has 0 spiro atoms. The fourth-order valence-corrected chi connectivity index (χ4v) is 2.24. The topological polar surface area (TPSA) is 57.6 Å². The van der Waals surface area contributed by atoms with E-state index >= 15 is 0 Å². The summed E-state index contributed by atoms with van der Waals surface area (Å²) in [7, 11) is 1.71. The zero-order chi connectivity index (χ0) is 15.6. The molecule has 1 N–H and O–H groups in total. The standard InChI is InChI=1S/C17H17NO3/c1-11-4-9-15(12(2)10-11)18(3)16(19)13-5-7-14(8-6-13)17(20)21/h4-10H,1-3H3,(H,20,21). The molecular formula is C17H17NO3. The van der Waals surface area contributed by atoms with Crippen molar-refractivity contribution in [2.24, 2.45) is 0 Å². The van der Waals surface area contributed by atoms with E-state index in [1.165, 1.54) is 24.3 Å². The van der Waals surface area contributed by atoms with Crippen LogP contribution in [-0.4, -0.2) is 24.0 Å². The first-order chi connectivity index (χ1) is 9.90. The minimum Gasteiger partial charge on any atom is -0.478 e. The maximum Gasteiger partial charge on any atom is 0.335 e. The zero-order valence-electron chi connectivity index (χ0n) is 12.3. The molecule has 4 nitrogen and oxygen atoms in total. The molecule has 1 amide bonds. The summed E-state index contributed by atoms with van der Waals surface area (Å²) in [4.78, 5) is 24.8. The Kier molecular flexibility index (Phi) is 4.08. The fourth-order valence-electron chi connectivity index (χ4n) is 2.24. The number of benzene rings is 2. The van der Waals surface area contributed by atoms with E-state index in [1.54, 1.807) is 11.9 Å². The minimum atomic E-state index is -1.00. The highest BCUT2D eigenvalue weighted by Crippen LogP contribution is 2.21. The Labute approximate surface area is 123 Å². The number of aromatic carboxylic acids is 1. The van der Waals surface area contributed by atoms with Crippen LogP contribution >= 0.6 is 0 Å². The van der Waals surface area contributed by atoms with Crippen molar-refractivity contribution in [3.05, 3.63) is 64.7 Å². The molecule has 108 valence electrons. The third kappa shape index (κ3) is 3.11. The molecule has 0 saturated heterocycles. The van der Waals surface area contributed by atoms with Gasteiger partial charge in [0.15, 0.2) is 0 Å². The summed E-state index contributed by atoms with van der Waals surface area (Å²) < 4.78 is 0. The molecule has 0 saturated carbocycles. The van der Waals surface area contributed by atoms with Crippen LogP contribution in [0.2, 0.25) is 0 Å². The number of carbonyl (C=O) groups is 2. The fraction of sp³-hybridized carbons (Fsp3) is 0.176. The van der Waals surface area contributed by atoms with Crippen LogP contribution in [0.4, 0.5) is 5.69 Å². The molecule has 21 heavy (non-hydrogen) atoms. The van der Waals surface area contributed by atoms with Gasteiger partial charge in [-0.15, -0.1) is 0 Å². The number of carboxylic acids is 1. The van der Waals surface area contributed by atoms with E-state index < -0.39 is 5.97 Å². The second kappa shape index (κ2) is 5.79. The van der Waals surface area contributed by atoms with E-state index in [4.69, 9.17) is 5.11 Å². The molecule has 0 aliphatic carbocycles. The third-order valence-corrected chi connectivity index (χ3v) is 3.40. The lowest BCUT2D eigenvalue weighted by molar-refractivity contribution is 0.0696. The number of rotatable bonds is 3. The molecule has 0 heterocycles. The Hall–Kier alpha value is -2.62. The average Bonchev–Trinajstić information content (AvgIpc) is 2.46.